The Morgan fingerprint density at radius 2 is 2.06 bits per heavy atom. The second-order valence-corrected chi connectivity index (χ2v) is 12.5. The zero-order chi connectivity index (χ0) is 22.0. The number of thiophene rings is 1. The van der Waals surface area contributed by atoms with Gasteiger partial charge in [-0.2, -0.15) is 5.10 Å². The zero-order valence-corrected chi connectivity index (χ0v) is 19.7. The summed E-state index contributed by atoms with van der Waals surface area (Å²) in [5.74, 6) is 0.696. The summed E-state index contributed by atoms with van der Waals surface area (Å²) in [6, 6.07) is 6.04. The van der Waals surface area contributed by atoms with Gasteiger partial charge in [-0.3, -0.25) is 4.79 Å². The fourth-order valence-electron chi connectivity index (χ4n) is 5.25. The molecular formula is C23H26N4O3S2. The Kier molecular flexibility index (Phi) is 4.69. The Labute approximate surface area is 191 Å². The Hall–Kier alpha value is -2.26. The van der Waals surface area contributed by atoms with Gasteiger partial charge in [-0.15, -0.1) is 11.3 Å². The molecule has 0 N–H and O–H groups in total. The number of amides is 1. The van der Waals surface area contributed by atoms with Crippen molar-refractivity contribution in [3.63, 3.8) is 0 Å². The Bertz CT molecular complexity index is 1310. The number of hydrogen-bond acceptors (Lipinski definition) is 6. The normalized spacial score (nSPS) is 25.1. The number of sulfone groups is 1. The first kappa shape index (κ1) is 20.4. The average molecular weight is 471 g/mol. The van der Waals surface area contributed by atoms with Gasteiger partial charge in [0.15, 0.2) is 15.5 Å². The fraction of sp³-hybridized carbons (Fsp3) is 0.522. The molecule has 6 rings (SSSR count). The van der Waals surface area contributed by atoms with Crippen LogP contribution in [0.1, 0.15) is 76.7 Å². The smallest absolute Gasteiger partial charge is 0.255 e. The third-order valence-corrected chi connectivity index (χ3v) is 9.75. The Morgan fingerprint density at radius 1 is 1.22 bits per heavy atom. The van der Waals surface area contributed by atoms with E-state index in [4.69, 9.17) is 10.1 Å². The summed E-state index contributed by atoms with van der Waals surface area (Å²) in [5.41, 5.74) is 3.03. The lowest BCUT2D eigenvalue weighted by molar-refractivity contribution is 0.0739. The predicted molar refractivity (Wildman–Crippen MR) is 124 cm³/mol. The number of carbonyl (C=O) groups is 1. The van der Waals surface area contributed by atoms with Crippen molar-refractivity contribution in [3.8, 4) is 0 Å². The number of hydrogen-bond donors (Lipinski definition) is 0. The van der Waals surface area contributed by atoms with Crippen LogP contribution >= 0.6 is 11.3 Å². The second kappa shape index (κ2) is 7.38. The molecule has 0 bridgehead atoms. The quantitative estimate of drug-likeness (QED) is 0.575. The van der Waals surface area contributed by atoms with Crippen molar-refractivity contribution in [3.05, 3.63) is 45.4 Å². The van der Waals surface area contributed by atoms with Crippen LogP contribution in [0.5, 0.6) is 0 Å². The van der Waals surface area contributed by atoms with Crippen molar-refractivity contribution < 1.29 is 13.2 Å². The van der Waals surface area contributed by atoms with E-state index in [0.717, 1.165) is 49.0 Å². The molecule has 2 atom stereocenters. The molecule has 7 nitrogen and oxygen atoms in total. The van der Waals surface area contributed by atoms with Gasteiger partial charge in [0.25, 0.3) is 5.91 Å². The number of aromatic nitrogens is 3. The average Bonchev–Trinajstić information content (AvgIpc) is 3.15. The predicted octanol–water partition coefficient (Wildman–Crippen LogP) is 4.02. The fourth-order valence-corrected chi connectivity index (χ4v) is 7.82. The van der Waals surface area contributed by atoms with Gasteiger partial charge in [-0.1, -0.05) is 6.07 Å². The summed E-state index contributed by atoms with van der Waals surface area (Å²) in [7, 11) is -3.05. The first-order valence-electron chi connectivity index (χ1n) is 11.4. The first-order chi connectivity index (χ1) is 15.4. The molecule has 3 aromatic rings. The maximum atomic E-state index is 13.9. The molecule has 3 aliphatic rings. The van der Waals surface area contributed by atoms with Crippen LogP contribution in [0.4, 0.5) is 0 Å². The van der Waals surface area contributed by atoms with Gasteiger partial charge in [0, 0.05) is 23.0 Å². The minimum absolute atomic E-state index is 0.0388. The molecule has 0 spiro atoms. The zero-order valence-electron chi connectivity index (χ0n) is 18.0. The summed E-state index contributed by atoms with van der Waals surface area (Å²) in [6.45, 7) is 2.65. The van der Waals surface area contributed by atoms with E-state index in [9.17, 15) is 13.2 Å². The summed E-state index contributed by atoms with van der Waals surface area (Å²) in [6.07, 6.45) is 4.69. The van der Waals surface area contributed by atoms with Gasteiger partial charge in [-0.25, -0.2) is 18.1 Å². The molecule has 1 saturated carbocycles. The monoisotopic (exact) mass is 470 g/mol. The summed E-state index contributed by atoms with van der Waals surface area (Å²) >= 11 is 1.70. The van der Waals surface area contributed by atoms with E-state index in [1.807, 2.05) is 24.0 Å². The molecule has 3 fully saturated rings. The highest BCUT2D eigenvalue weighted by molar-refractivity contribution is 7.91. The van der Waals surface area contributed by atoms with E-state index < -0.39 is 9.84 Å². The van der Waals surface area contributed by atoms with Gasteiger partial charge < -0.3 is 4.90 Å². The molecule has 2 aliphatic heterocycles. The standard InChI is InChI=1S/C23H26N4O3S2/c1-14-21-17(23(28)26-9-2-4-19(26)20-5-3-10-31-20)12-18(15-6-7-15)24-22(21)27(25-14)16-8-11-32(29,30)13-16/h3,5,10,12,15-16,19H,2,4,6-9,11,13H2,1H3/t16-,19-/m0/s1. The van der Waals surface area contributed by atoms with Crippen LogP contribution in [0.25, 0.3) is 11.0 Å². The van der Waals surface area contributed by atoms with Gasteiger partial charge in [0.1, 0.15) is 0 Å². The van der Waals surface area contributed by atoms with Gasteiger partial charge >= 0.3 is 0 Å². The SMILES string of the molecule is Cc1nn([C@H]2CCS(=O)(=O)C2)c2nc(C3CC3)cc(C(=O)N3CCC[C@H]3c3cccs3)c12. The highest BCUT2D eigenvalue weighted by atomic mass is 32.2. The largest absolute Gasteiger partial charge is 0.331 e. The van der Waals surface area contributed by atoms with E-state index in [2.05, 4.69) is 11.4 Å². The molecule has 3 aromatic heterocycles. The minimum atomic E-state index is -3.05. The first-order valence-corrected chi connectivity index (χ1v) is 14.1. The lowest BCUT2D eigenvalue weighted by atomic mass is 10.1. The number of likely N-dealkylation sites (tertiary alicyclic amines) is 1. The maximum Gasteiger partial charge on any atom is 0.255 e. The topological polar surface area (TPSA) is 85.2 Å². The molecule has 5 heterocycles. The molecule has 168 valence electrons. The number of pyridine rings is 1. The number of nitrogens with zero attached hydrogens (tertiary/aromatic N) is 4. The Balaban J connectivity index is 1.47. The van der Waals surface area contributed by atoms with Crippen LogP contribution in [-0.4, -0.2) is 52.0 Å². The van der Waals surface area contributed by atoms with Crippen LogP contribution in [-0.2, 0) is 9.84 Å². The summed E-state index contributed by atoms with van der Waals surface area (Å²) in [4.78, 5) is 22.1. The number of aryl methyl sites for hydroxylation is 1. The van der Waals surface area contributed by atoms with Crippen LogP contribution < -0.4 is 0 Å². The molecule has 1 amide bonds. The van der Waals surface area contributed by atoms with E-state index in [1.165, 1.54) is 4.88 Å². The van der Waals surface area contributed by atoms with E-state index in [1.54, 1.807) is 16.0 Å². The number of carbonyl (C=O) groups excluding carboxylic acids is 1. The van der Waals surface area contributed by atoms with Crippen molar-refractivity contribution in [1.82, 2.24) is 19.7 Å². The van der Waals surface area contributed by atoms with Gasteiger partial charge in [-0.05, 0) is 56.5 Å². The third kappa shape index (κ3) is 3.37. The Morgan fingerprint density at radius 3 is 2.75 bits per heavy atom. The lowest BCUT2D eigenvalue weighted by Crippen LogP contribution is -2.30. The van der Waals surface area contributed by atoms with E-state index in [0.29, 0.717) is 23.5 Å². The molecule has 0 unspecified atom stereocenters. The molecule has 0 radical (unpaired) electrons. The van der Waals surface area contributed by atoms with Crippen molar-refractivity contribution in [2.45, 2.75) is 57.0 Å². The molecular weight excluding hydrogens is 444 g/mol. The van der Waals surface area contributed by atoms with Gasteiger partial charge in [0.05, 0.1) is 40.2 Å². The van der Waals surface area contributed by atoms with Crippen LogP contribution in [0.2, 0.25) is 0 Å². The molecule has 9 heteroatoms. The van der Waals surface area contributed by atoms with Crippen LogP contribution in [0.15, 0.2) is 23.6 Å². The summed E-state index contributed by atoms with van der Waals surface area (Å²) < 4.78 is 26.0. The van der Waals surface area contributed by atoms with Crippen molar-refractivity contribution >= 4 is 38.1 Å². The van der Waals surface area contributed by atoms with E-state index >= 15 is 0 Å². The highest BCUT2D eigenvalue weighted by Crippen LogP contribution is 2.42. The van der Waals surface area contributed by atoms with Crippen molar-refractivity contribution in [1.29, 1.82) is 0 Å². The van der Waals surface area contributed by atoms with Crippen molar-refractivity contribution in [2.75, 3.05) is 18.1 Å². The molecule has 1 aliphatic carbocycles. The van der Waals surface area contributed by atoms with Crippen LogP contribution in [0.3, 0.4) is 0 Å². The minimum Gasteiger partial charge on any atom is -0.331 e. The van der Waals surface area contributed by atoms with E-state index in [-0.39, 0.29) is 29.5 Å². The third-order valence-electron chi connectivity index (χ3n) is 7.02. The number of fused-ring (bicyclic) bond motifs is 1. The van der Waals surface area contributed by atoms with Crippen molar-refractivity contribution in [2.24, 2.45) is 0 Å². The maximum absolute atomic E-state index is 13.9. The lowest BCUT2D eigenvalue weighted by Gasteiger charge is -2.24. The van der Waals surface area contributed by atoms with Gasteiger partial charge in [0.2, 0.25) is 0 Å². The molecule has 0 aromatic carbocycles. The highest BCUT2D eigenvalue weighted by Gasteiger charge is 2.36. The second-order valence-electron chi connectivity index (χ2n) is 9.33. The van der Waals surface area contributed by atoms with Crippen LogP contribution in [0, 0.1) is 6.92 Å². The summed E-state index contributed by atoms with van der Waals surface area (Å²) in [5, 5.41) is 7.56. The molecule has 2 saturated heterocycles. The number of rotatable bonds is 4. The molecule has 32 heavy (non-hydrogen) atoms.